The average molecular weight is 191 g/mol. The predicted octanol–water partition coefficient (Wildman–Crippen LogP) is 2.20. The Labute approximate surface area is 78.2 Å². The van der Waals surface area contributed by atoms with Crippen molar-refractivity contribution in [2.24, 2.45) is 11.8 Å². The number of hydrogen-bond acceptors (Lipinski definition) is 2. The highest BCUT2D eigenvalue weighted by atomic mass is 35.5. The minimum Gasteiger partial charge on any atom is -0.469 e. The van der Waals surface area contributed by atoms with Crippen molar-refractivity contribution in [3.05, 3.63) is 0 Å². The van der Waals surface area contributed by atoms with Crippen LogP contribution in [0.5, 0.6) is 0 Å². The van der Waals surface area contributed by atoms with Crippen LogP contribution in [0.25, 0.3) is 0 Å². The van der Waals surface area contributed by atoms with Crippen molar-refractivity contribution in [2.75, 3.05) is 7.11 Å². The fourth-order valence-electron chi connectivity index (χ4n) is 1.73. The molecule has 3 heteroatoms. The summed E-state index contributed by atoms with van der Waals surface area (Å²) < 4.78 is 4.67. The molecule has 0 aromatic heterocycles. The Kier molecular flexibility index (Phi) is 3.39. The zero-order valence-electron chi connectivity index (χ0n) is 7.55. The van der Waals surface area contributed by atoms with Crippen molar-refractivity contribution in [1.82, 2.24) is 0 Å². The third-order valence-electron chi connectivity index (χ3n) is 2.54. The summed E-state index contributed by atoms with van der Waals surface area (Å²) >= 11 is 6.05. The molecule has 0 aliphatic heterocycles. The quantitative estimate of drug-likeness (QED) is 0.468. The second-order valence-electron chi connectivity index (χ2n) is 3.56. The maximum Gasteiger partial charge on any atom is 0.310 e. The lowest BCUT2D eigenvalue weighted by Crippen LogP contribution is -2.31. The van der Waals surface area contributed by atoms with Gasteiger partial charge in [0.05, 0.1) is 13.0 Å². The van der Waals surface area contributed by atoms with Gasteiger partial charge < -0.3 is 4.74 Å². The lowest BCUT2D eigenvalue weighted by atomic mass is 9.82. The zero-order valence-corrected chi connectivity index (χ0v) is 8.30. The molecular formula is C9H15ClO2. The van der Waals surface area contributed by atoms with Gasteiger partial charge in [-0.1, -0.05) is 6.92 Å². The SMILES string of the molecule is COC(=O)[C@@H]1CC[C@@H](C)C[C@@H]1Cl. The number of rotatable bonds is 1. The van der Waals surface area contributed by atoms with Crippen LogP contribution in [0.15, 0.2) is 0 Å². The fraction of sp³-hybridized carbons (Fsp3) is 0.889. The fourth-order valence-corrected chi connectivity index (χ4v) is 2.26. The van der Waals surface area contributed by atoms with E-state index in [0.29, 0.717) is 5.92 Å². The summed E-state index contributed by atoms with van der Waals surface area (Å²) in [6.45, 7) is 2.17. The number of halogens is 1. The first-order valence-corrected chi connectivity index (χ1v) is 4.80. The highest BCUT2D eigenvalue weighted by Gasteiger charge is 2.32. The van der Waals surface area contributed by atoms with E-state index in [1.165, 1.54) is 7.11 Å². The third kappa shape index (κ3) is 2.13. The van der Waals surface area contributed by atoms with Gasteiger partial charge in [-0.2, -0.15) is 0 Å². The Bertz CT molecular complexity index is 170. The third-order valence-corrected chi connectivity index (χ3v) is 3.02. The molecule has 0 N–H and O–H groups in total. The maximum absolute atomic E-state index is 11.2. The van der Waals surface area contributed by atoms with Crippen molar-refractivity contribution < 1.29 is 9.53 Å². The van der Waals surface area contributed by atoms with Gasteiger partial charge >= 0.3 is 5.97 Å². The molecule has 0 aromatic carbocycles. The van der Waals surface area contributed by atoms with Gasteiger partial charge in [0, 0.05) is 5.38 Å². The van der Waals surface area contributed by atoms with Gasteiger partial charge in [0.25, 0.3) is 0 Å². The van der Waals surface area contributed by atoms with Gasteiger partial charge in [-0.05, 0) is 25.2 Å². The van der Waals surface area contributed by atoms with Crippen molar-refractivity contribution in [1.29, 1.82) is 0 Å². The van der Waals surface area contributed by atoms with Crippen LogP contribution >= 0.6 is 11.6 Å². The Morgan fingerprint density at radius 2 is 2.17 bits per heavy atom. The summed E-state index contributed by atoms with van der Waals surface area (Å²) in [6.07, 6.45) is 2.90. The van der Waals surface area contributed by atoms with Crippen LogP contribution in [0.2, 0.25) is 0 Å². The number of carbonyl (C=O) groups is 1. The van der Waals surface area contributed by atoms with Gasteiger partial charge in [-0.3, -0.25) is 4.79 Å². The number of carbonyl (C=O) groups excluding carboxylic acids is 1. The van der Waals surface area contributed by atoms with Crippen molar-refractivity contribution in [3.8, 4) is 0 Å². The van der Waals surface area contributed by atoms with Gasteiger partial charge in [-0.25, -0.2) is 0 Å². The van der Waals surface area contributed by atoms with Crippen molar-refractivity contribution >= 4 is 17.6 Å². The summed E-state index contributed by atoms with van der Waals surface area (Å²) in [6, 6.07) is 0. The normalized spacial score (nSPS) is 36.1. The summed E-state index contributed by atoms with van der Waals surface area (Å²) in [4.78, 5) is 11.2. The molecule has 1 rings (SSSR count). The van der Waals surface area contributed by atoms with Crippen molar-refractivity contribution in [2.45, 2.75) is 31.6 Å². The van der Waals surface area contributed by atoms with E-state index in [1.807, 2.05) is 0 Å². The maximum atomic E-state index is 11.2. The Hall–Kier alpha value is -0.240. The monoisotopic (exact) mass is 190 g/mol. The first-order chi connectivity index (χ1) is 5.65. The lowest BCUT2D eigenvalue weighted by Gasteiger charge is -2.28. The summed E-state index contributed by atoms with van der Waals surface area (Å²) in [7, 11) is 1.42. The van der Waals surface area contributed by atoms with Crippen LogP contribution < -0.4 is 0 Å². The summed E-state index contributed by atoms with van der Waals surface area (Å²) in [5, 5.41) is -0.0267. The molecule has 3 atom stereocenters. The molecule has 0 heterocycles. The van der Waals surface area contributed by atoms with E-state index in [9.17, 15) is 4.79 Å². The van der Waals surface area contributed by atoms with E-state index in [1.54, 1.807) is 0 Å². The molecule has 0 aromatic rings. The van der Waals surface area contributed by atoms with Crippen LogP contribution in [0, 0.1) is 11.8 Å². The van der Waals surface area contributed by atoms with Gasteiger partial charge in [0.1, 0.15) is 0 Å². The molecular weight excluding hydrogens is 176 g/mol. The van der Waals surface area contributed by atoms with E-state index in [2.05, 4.69) is 11.7 Å². The van der Waals surface area contributed by atoms with Gasteiger partial charge in [0.15, 0.2) is 0 Å². The molecule has 0 saturated heterocycles. The number of hydrogen-bond donors (Lipinski definition) is 0. The first-order valence-electron chi connectivity index (χ1n) is 4.37. The highest BCUT2D eigenvalue weighted by Crippen LogP contribution is 2.32. The molecule has 1 aliphatic rings. The minimum atomic E-state index is -0.151. The molecule has 1 aliphatic carbocycles. The van der Waals surface area contributed by atoms with Crippen LogP contribution in [-0.4, -0.2) is 18.5 Å². The lowest BCUT2D eigenvalue weighted by molar-refractivity contribution is -0.146. The smallest absolute Gasteiger partial charge is 0.310 e. The van der Waals surface area contributed by atoms with Crippen molar-refractivity contribution in [3.63, 3.8) is 0 Å². The van der Waals surface area contributed by atoms with Crippen LogP contribution in [0.4, 0.5) is 0 Å². The number of ether oxygens (including phenoxy) is 1. The molecule has 0 bridgehead atoms. The van der Waals surface area contributed by atoms with E-state index < -0.39 is 0 Å². The van der Waals surface area contributed by atoms with Gasteiger partial charge in [0.2, 0.25) is 0 Å². The molecule has 0 radical (unpaired) electrons. The standard InChI is InChI=1S/C9H15ClO2/c1-6-3-4-7(8(10)5-6)9(11)12-2/h6-8H,3-5H2,1-2H3/t6-,7-,8+/m1/s1. The molecule has 0 unspecified atom stereocenters. The number of esters is 1. The molecule has 0 amide bonds. The van der Waals surface area contributed by atoms with Crippen LogP contribution in [0.3, 0.4) is 0 Å². The van der Waals surface area contributed by atoms with E-state index in [-0.39, 0.29) is 17.3 Å². The number of methoxy groups -OCH3 is 1. The van der Waals surface area contributed by atoms with E-state index in [4.69, 9.17) is 11.6 Å². The Morgan fingerprint density at radius 3 is 2.67 bits per heavy atom. The second kappa shape index (κ2) is 4.13. The summed E-state index contributed by atoms with van der Waals surface area (Å²) in [5.74, 6) is 0.420. The van der Waals surface area contributed by atoms with Gasteiger partial charge in [-0.15, -0.1) is 11.6 Å². The van der Waals surface area contributed by atoms with E-state index in [0.717, 1.165) is 19.3 Å². The first kappa shape index (κ1) is 9.85. The Balaban J connectivity index is 2.50. The topological polar surface area (TPSA) is 26.3 Å². The molecule has 1 fully saturated rings. The molecule has 12 heavy (non-hydrogen) atoms. The zero-order chi connectivity index (χ0) is 9.14. The largest absolute Gasteiger partial charge is 0.469 e. The van der Waals surface area contributed by atoms with Crippen LogP contribution in [0.1, 0.15) is 26.2 Å². The molecule has 70 valence electrons. The molecule has 0 spiro atoms. The second-order valence-corrected chi connectivity index (χ2v) is 4.12. The summed E-state index contributed by atoms with van der Waals surface area (Å²) in [5.41, 5.74) is 0. The molecule has 1 saturated carbocycles. The Morgan fingerprint density at radius 1 is 1.50 bits per heavy atom. The highest BCUT2D eigenvalue weighted by molar-refractivity contribution is 6.22. The number of alkyl halides is 1. The predicted molar refractivity (Wildman–Crippen MR) is 48.2 cm³/mol. The molecule has 2 nitrogen and oxygen atoms in total. The minimum absolute atomic E-state index is 0.0267. The van der Waals surface area contributed by atoms with Crippen LogP contribution in [-0.2, 0) is 9.53 Å². The average Bonchev–Trinajstić information content (AvgIpc) is 2.03. The van der Waals surface area contributed by atoms with E-state index >= 15 is 0 Å².